The first-order valence-corrected chi connectivity index (χ1v) is 8.84. The molecule has 0 bridgehead atoms. The lowest BCUT2D eigenvalue weighted by molar-refractivity contribution is -0.132. The summed E-state index contributed by atoms with van der Waals surface area (Å²) >= 11 is 0. The van der Waals surface area contributed by atoms with Crippen molar-refractivity contribution >= 4 is 11.6 Å². The second-order valence-corrected chi connectivity index (χ2v) is 6.37. The van der Waals surface area contributed by atoms with E-state index in [0.717, 1.165) is 24.4 Å². The Morgan fingerprint density at radius 3 is 2.84 bits per heavy atom. The molecule has 3 heterocycles. The van der Waals surface area contributed by atoms with E-state index in [2.05, 4.69) is 9.88 Å². The molecule has 0 aliphatic carbocycles. The molecular formula is C18H26N4O3. The van der Waals surface area contributed by atoms with Crippen molar-refractivity contribution in [3.8, 4) is 0 Å². The number of pyridine rings is 1. The third-order valence-electron chi connectivity index (χ3n) is 4.45. The molecule has 25 heavy (non-hydrogen) atoms. The number of imidazole rings is 1. The molecule has 2 aromatic rings. The molecule has 7 heteroatoms. The fourth-order valence-corrected chi connectivity index (χ4v) is 3.12. The van der Waals surface area contributed by atoms with Crippen molar-refractivity contribution in [1.82, 2.24) is 19.2 Å². The predicted octanol–water partition coefficient (Wildman–Crippen LogP) is 0.418. The van der Waals surface area contributed by atoms with Crippen LogP contribution in [-0.2, 0) is 16.0 Å². The number of hydrogen-bond acceptors (Lipinski definition) is 5. The molecule has 1 aliphatic rings. The van der Waals surface area contributed by atoms with Crippen LogP contribution >= 0.6 is 0 Å². The van der Waals surface area contributed by atoms with Crippen LogP contribution in [0.1, 0.15) is 12.6 Å². The van der Waals surface area contributed by atoms with Crippen LogP contribution in [0.2, 0.25) is 0 Å². The Kier molecular flexibility index (Phi) is 6.01. The van der Waals surface area contributed by atoms with E-state index >= 15 is 0 Å². The molecule has 2 aromatic heterocycles. The van der Waals surface area contributed by atoms with Crippen LogP contribution in [0.4, 0.5) is 0 Å². The average molecular weight is 346 g/mol. The molecule has 1 atom stereocenters. The second kappa shape index (κ2) is 8.42. The fraction of sp³-hybridized carbons (Fsp3) is 0.556. The van der Waals surface area contributed by atoms with Crippen molar-refractivity contribution in [2.45, 2.75) is 19.4 Å². The number of nitrogens with zero attached hydrogens (tertiary/aromatic N) is 4. The lowest BCUT2D eigenvalue weighted by Gasteiger charge is -2.35. The third-order valence-corrected chi connectivity index (χ3v) is 4.45. The van der Waals surface area contributed by atoms with E-state index in [1.165, 1.54) is 0 Å². The average Bonchev–Trinajstić information content (AvgIpc) is 3.02. The Labute approximate surface area is 147 Å². The highest BCUT2D eigenvalue weighted by atomic mass is 16.5. The molecule has 1 saturated heterocycles. The molecule has 1 fully saturated rings. The number of ether oxygens (including phenoxy) is 1. The number of β-amino-alcohol motifs (C(OH)–C–C–N with tert-alkyl or cyclic N) is 1. The van der Waals surface area contributed by atoms with Gasteiger partial charge < -0.3 is 19.1 Å². The molecule has 1 unspecified atom stereocenters. The van der Waals surface area contributed by atoms with Gasteiger partial charge >= 0.3 is 0 Å². The first-order chi connectivity index (χ1) is 12.2. The van der Waals surface area contributed by atoms with E-state index in [9.17, 15) is 9.90 Å². The maximum Gasteiger partial charge on any atom is 0.228 e. The van der Waals surface area contributed by atoms with E-state index in [1.54, 1.807) is 0 Å². The number of carbonyl (C=O) groups is 1. The van der Waals surface area contributed by atoms with Gasteiger partial charge in [0, 0.05) is 51.7 Å². The summed E-state index contributed by atoms with van der Waals surface area (Å²) in [5.41, 5.74) is 1.66. The van der Waals surface area contributed by atoms with Crippen LogP contribution in [0.25, 0.3) is 5.65 Å². The smallest absolute Gasteiger partial charge is 0.228 e. The van der Waals surface area contributed by atoms with Gasteiger partial charge in [-0.2, -0.15) is 0 Å². The number of amides is 1. The molecular weight excluding hydrogens is 320 g/mol. The topological polar surface area (TPSA) is 70.3 Å². The Morgan fingerprint density at radius 2 is 2.12 bits per heavy atom. The van der Waals surface area contributed by atoms with E-state index in [1.807, 2.05) is 46.8 Å². The zero-order valence-corrected chi connectivity index (χ0v) is 14.7. The van der Waals surface area contributed by atoms with Crippen molar-refractivity contribution in [1.29, 1.82) is 0 Å². The summed E-state index contributed by atoms with van der Waals surface area (Å²) in [6, 6.07) is 5.81. The first-order valence-electron chi connectivity index (χ1n) is 8.84. The minimum atomic E-state index is -0.472. The second-order valence-electron chi connectivity index (χ2n) is 6.37. The highest BCUT2D eigenvalue weighted by Crippen LogP contribution is 2.09. The number of piperazine rings is 1. The summed E-state index contributed by atoms with van der Waals surface area (Å²) in [5, 5.41) is 9.91. The molecule has 0 saturated carbocycles. The summed E-state index contributed by atoms with van der Waals surface area (Å²) in [4.78, 5) is 21.1. The Balaban J connectivity index is 1.46. The number of aliphatic hydroxyl groups is 1. The molecule has 1 amide bonds. The van der Waals surface area contributed by atoms with Gasteiger partial charge in [-0.1, -0.05) is 6.07 Å². The summed E-state index contributed by atoms with van der Waals surface area (Å²) < 4.78 is 7.17. The van der Waals surface area contributed by atoms with Crippen LogP contribution in [0.3, 0.4) is 0 Å². The first kappa shape index (κ1) is 17.8. The van der Waals surface area contributed by atoms with Gasteiger partial charge in [0.2, 0.25) is 5.91 Å². The number of rotatable bonds is 7. The highest BCUT2D eigenvalue weighted by Gasteiger charge is 2.23. The van der Waals surface area contributed by atoms with E-state index < -0.39 is 6.10 Å². The van der Waals surface area contributed by atoms with Gasteiger partial charge in [-0.05, 0) is 19.1 Å². The maximum atomic E-state index is 12.5. The zero-order chi connectivity index (χ0) is 17.6. The Morgan fingerprint density at radius 1 is 1.32 bits per heavy atom. The SMILES string of the molecule is CCOCC(O)CN1CCN(C(=O)Cc2cn3ccccc3n2)CC1. The van der Waals surface area contributed by atoms with Crippen LogP contribution in [0.15, 0.2) is 30.6 Å². The van der Waals surface area contributed by atoms with E-state index in [0.29, 0.717) is 39.3 Å². The number of aromatic nitrogens is 2. The largest absolute Gasteiger partial charge is 0.389 e. The van der Waals surface area contributed by atoms with Crippen molar-refractivity contribution in [2.24, 2.45) is 0 Å². The summed E-state index contributed by atoms with van der Waals surface area (Å²) in [6.07, 6.45) is 3.70. The third kappa shape index (κ3) is 4.78. The van der Waals surface area contributed by atoms with Gasteiger partial charge in [0.05, 0.1) is 24.8 Å². The number of hydrogen-bond donors (Lipinski definition) is 1. The summed E-state index contributed by atoms with van der Waals surface area (Å²) in [5.74, 6) is 0.109. The molecule has 7 nitrogen and oxygen atoms in total. The quantitative estimate of drug-likeness (QED) is 0.787. The molecule has 0 spiro atoms. The normalized spacial score (nSPS) is 17.1. The molecule has 136 valence electrons. The van der Waals surface area contributed by atoms with Crippen LogP contribution in [0, 0.1) is 0 Å². The number of carbonyl (C=O) groups excluding carboxylic acids is 1. The van der Waals surface area contributed by atoms with Gasteiger partial charge in [-0.15, -0.1) is 0 Å². The van der Waals surface area contributed by atoms with Gasteiger partial charge in [-0.3, -0.25) is 9.69 Å². The molecule has 1 aliphatic heterocycles. The monoisotopic (exact) mass is 346 g/mol. The fourth-order valence-electron chi connectivity index (χ4n) is 3.12. The minimum absolute atomic E-state index is 0.109. The van der Waals surface area contributed by atoms with E-state index in [4.69, 9.17) is 4.74 Å². The summed E-state index contributed by atoms with van der Waals surface area (Å²) in [7, 11) is 0. The van der Waals surface area contributed by atoms with Crippen molar-refractivity contribution < 1.29 is 14.6 Å². The van der Waals surface area contributed by atoms with Gasteiger partial charge in [0.15, 0.2) is 0 Å². The lowest BCUT2D eigenvalue weighted by Crippen LogP contribution is -2.51. The molecule has 1 N–H and O–H groups in total. The molecule has 3 rings (SSSR count). The highest BCUT2D eigenvalue weighted by molar-refractivity contribution is 5.78. The Bertz CT molecular complexity index is 661. The van der Waals surface area contributed by atoms with Gasteiger partial charge in [0.1, 0.15) is 5.65 Å². The van der Waals surface area contributed by atoms with Gasteiger partial charge in [0.25, 0.3) is 0 Å². The van der Waals surface area contributed by atoms with Crippen LogP contribution in [0.5, 0.6) is 0 Å². The number of fused-ring (bicyclic) bond motifs is 1. The lowest BCUT2D eigenvalue weighted by atomic mass is 10.2. The van der Waals surface area contributed by atoms with Crippen molar-refractivity contribution in [3.63, 3.8) is 0 Å². The van der Waals surface area contributed by atoms with E-state index in [-0.39, 0.29) is 5.91 Å². The van der Waals surface area contributed by atoms with Crippen molar-refractivity contribution in [3.05, 3.63) is 36.3 Å². The van der Waals surface area contributed by atoms with Crippen molar-refractivity contribution in [2.75, 3.05) is 45.9 Å². The summed E-state index contributed by atoms with van der Waals surface area (Å²) in [6.45, 7) is 6.42. The standard InChI is InChI=1S/C18H26N4O3/c1-2-25-14-16(23)13-20-7-9-21(10-8-20)18(24)11-15-12-22-6-4-3-5-17(22)19-15/h3-6,12,16,23H,2,7-11,13-14H2,1H3. The van der Waals surface area contributed by atoms with Crippen LogP contribution in [-0.4, -0.2) is 82.2 Å². The molecule has 0 aromatic carbocycles. The maximum absolute atomic E-state index is 12.5. The predicted molar refractivity (Wildman–Crippen MR) is 94.4 cm³/mol. The minimum Gasteiger partial charge on any atom is -0.389 e. The zero-order valence-electron chi connectivity index (χ0n) is 14.7. The Hall–Kier alpha value is -1.96. The van der Waals surface area contributed by atoms with Gasteiger partial charge in [-0.25, -0.2) is 4.98 Å². The molecule has 0 radical (unpaired) electrons. The number of aliphatic hydroxyl groups excluding tert-OH is 1. The van der Waals surface area contributed by atoms with Crippen LogP contribution < -0.4 is 0 Å².